The summed E-state index contributed by atoms with van der Waals surface area (Å²) in [5.74, 6) is 1.51. The molecule has 1 saturated heterocycles. The third-order valence-corrected chi connectivity index (χ3v) is 10.1. The molecule has 0 bridgehead atoms. The number of benzene rings is 1. The number of hydrogen-bond donors (Lipinski definition) is 0. The van der Waals surface area contributed by atoms with Gasteiger partial charge in [0.15, 0.2) is 0 Å². The van der Waals surface area contributed by atoms with Crippen molar-refractivity contribution in [2.75, 3.05) is 6.61 Å². The maximum atomic E-state index is 6.33. The van der Waals surface area contributed by atoms with E-state index in [9.17, 15) is 0 Å². The maximum absolute atomic E-state index is 6.33. The fraction of sp³-hybridized carbons (Fsp3) is 0.700. The van der Waals surface area contributed by atoms with Gasteiger partial charge in [-0.3, -0.25) is 0 Å². The van der Waals surface area contributed by atoms with Crippen molar-refractivity contribution in [2.45, 2.75) is 71.2 Å². The molecule has 1 unspecified atom stereocenters. The summed E-state index contributed by atoms with van der Waals surface area (Å²) in [4.78, 5) is 0. The molecule has 0 saturated carbocycles. The molecule has 0 amide bonds. The summed E-state index contributed by atoms with van der Waals surface area (Å²) in [5, 5.41) is 1.59. The lowest BCUT2D eigenvalue weighted by Crippen LogP contribution is -2.49. The van der Waals surface area contributed by atoms with Gasteiger partial charge in [-0.15, -0.1) is 0 Å². The summed E-state index contributed by atoms with van der Waals surface area (Å²) in [5.41, 5.74) is 0.749. The second-order valence-electron chi connectivity index (χ2n) is 7.95. The molecule has 1 aliphatic heterocycles. The first-order valence-electron chi connectivity index (χ1n) is 9.14. The normalized spacial score (nSPS) is 23.9. The minimum Gasteiger partial charge on any atom is -0.378 e. The molecule has 0 N–H and O–H groups in total. The van der Waals surface area contributed by atoms with Crippen LogP contribution in [-0.4, -0.2) is 20.8 Å². The largest absolute Gasteiger partial charge is 0.378 e. The van der Waals surface area contributed by atoms with E-state index in [0.29, 0.717) is 6.10 Å². The lowest BCUT2D eigenvalue weighted by molar-refractivity contribution is 0.0942. The Morgan fingerprint density at radius 1 is 1.18 bits per heavy atom. The second-order valence-corrected chi connectivity index (χ2v) is 12.7. The first-order chi connectivity index (χ1) is 10.5. The quantitative estimate of drug-likeness (QED) is 0.626. The third kappa shape index (κ3) is 4.02. The van der Waals surface area contributed by atoms with Crippen molar-refractivity contribution in [3.05, 3.63) is 30.3 Å². The molecule has 22 heavy (non-hydrogen) atoms. The summed E-state index contributed by atoms with van der Waals surface area (Å²) >= 11 is 0. The lowest BCUT2D eigenvalue weighted by Gasteiger charge is -2.37. The van der Waals surface area contributed by atoms with E-state index in [4.69, 9.17) is 4.74 Å². The van der Waals surface area contributed by atoms with Gasteiger partial charge in [0.2, 0.25) is 0 Å². The third-order valence-electron chi connectivity index (χ3n) is 5.76. The van der Waals surface area contributed by atoms with Gasteiger partial charge in [-0.1, -0.05) is 88.6 Å². The molecule has 1 fully saturated rings. The summed E-state index contributed by atoms with van der Waals surface area (Å²) in [6, 6.07) is 11.2. The SMILES string of the molecule is CCCC[C@@H]([C@H]1CC(C(C)C)CO1)[Si](C)(C)c1ccccc1. The average molecular weight is 319 g/mol. The van der Waals surface area contributed by atoms with E-state index in [-0.39, 0.29) is 0 Å². The van der Waals surface area contributed by atoms with Gasteiger partial charge in [0.05, 0.1) is 20.8 Å². The van der Waals surface area contributed by atoms with Gasteiger partial charge in [-0.2, -0.15) is 0 Å². The Morgan fingerprint density at radius 3 is 2.41 bits per heavy atom. The van der Waals surface area contributed by atoms with E-state index in [2.05, 4.69) is 64.2 Å². The first-order valence-corrected chi connectivity index (χ1v) is 12.2. The molecule has 1 heterocycles. The molecule has 0 spiro atoms. The molecule has 0 radical (unpaired) electrons. The van der Waals surface area contributed by atoms with Gasteiger partial charge in [0.1, 0.15) is 0 Å². The summed E-state index contributed by atoms with van der Waals surface area (Å²) < 4.78 is 6.33. The van der Waals surface area contributed by atoms with Crippen molar-refractivity contribution in [1.82, 2.24) is 0 Å². The monoisotopic (exact) mass is 318 g/mol. The van der Waals surface area contributed by atoms with Crippen molar-refractivity contribution < 1.29 is 4.74 Å². The summed E-state index contributed by atoms with van der Waals surface area (Å²) in [7, 11) is -1.50. The van der Waals surface area contributed by atoms with E-state index < -0.39 is 8.07 Å². The predicted molar refractivity (Wildman–Crippen MR) is 99.5 cm³/mol. The van der Waals surface area contributed by atoms with Gasteiger partial charge in [-0.05, 0) is 23.8 Å². The minimum atomic E-state index is -1.50. The van der Waals surface area contributed by atoms with E-state index in [1.54, 1.807) is 5.19 Å². The molecule has 3 atom stereocenters. The molecule has 0 aromatic heterocycles. The van der Waals surface area contributed by atoms with Crippen LogP contribution in [0.2, 0.25) is 18.6 Å². The molecule has 1 aromatic rings. The fourth-order valence-corrected chi connectivity index (χ4v) is 7.51. The highest BCUT2D eigenvalue weighted by Gasteiger charge is 2.42. The molecule has 2 heteroatoms. The Morgan fingerprint density at radius 2 is 1.86 bits per heavy atom. The van der Waals surface area contributed by atoms with Crippen molar-refractivity contribution in [1.29, 1.82) is 0 Å². The molecule has 1 nitrogen and oxygen atoms in total. The lowest BCUT2D eigenvalue weighted by atomic mass is 9.92. The average Bonchev–Trinajstić information content (AvgIpc) is 2.98. The van der Waals surface area contributed by atoms with Crippen LogP contribution in [-0.2, 0) is 4.74 Å². The second kappa shape index (κ2) is 7.78. The molecule has 1 aliphatic rings. The zero-order chi connectivity index (χ0) is 16.2. The standard InChI is InChI=1S/C20H34OSi/c1-6-7-13-20(19-14-17(15-21-19)16(2)3)22(4,5)18-11-9-8-10-12-18/h8-12,16-17,19-20H,6-7,13-15H2,1-5H3/t17?,19-,20+/m1/s1. The van der Waals surface area contributed by atoms with E-state index in [1.807, 2.05) is 0 Å². The minimum absolute atomic E-state index is 0.487. The number of ether oxygens (including phenoxy) is 1. The maximum Gasteiger partial charge on any atom is 0.0862 e. The first kappa shape index (κ1) is 17.7. The molecule has 0 aliphatic carbocycles. The van der Waals surface area contributed by atoms with E-state index >= 15 is 0 Å². The van der Waals surface area contributed by atoms with Crippen LogP contribution in [0.15, 0.2) is 30.3 Å². The molecule has 2 rings (SSSR count). The van der Waals surface area contributed by atoms with Crippen LogP contribution >= 0.6 is 0 Å². The summed E-state index contributed by atoms with van der Waals surface area (Å²) in [6.45, 7) is 13.1. The van der Waals surface area contributed by atoms with Crippen LogP contribution in [0, 0.1) is 11.8 Å². The zero-order valence-corrected chi connectivity index (χ0v) is 16.1. The van der Waals surface area contributed by atoms with Crippen LogP contribution < -0.4 is 5.19 Å². The van der Waals surface area contributed by atoms with Crippen LogP contribution in [0.3, 0.4) is 0 Å². The van der Waals surface area contributed by atoms with Crippen molar-refractivity contribution in [3.63, 3.8) is 0 Å². The number of hydrogen-bond acceptors (Lipinski definition) is 1. The van der Waals surface area contributed by atoms with Crippen LogP contribution in [0.4, 0.5) is 0 Å². The Kier molecular flexibility index (Phi) is 6.28. The van der Waals surface area contributed by atoms with Crippen LogP contribution in [0.1, 0.15) is 46.5 Å². The Labute approximate surface area is 138 Å². The van der Waals surface area contributed by atoms with Crippen molar-refractivity contribution >= 4 is 13.3 Å². The van der Waals surface area contributed by atoms with Crippen molar-refractivity contribution in [2.24, 2.45) is 11.8 Å². The Bertz CT molecular complexity index is 440. The van der Waals surface area contributed by atoms with Gasteiger partial charge >= 0.3 is 0 Å². The fourth-order valence-electron chi connectivity index (χ4n) is 3.94. The highest BCUT2D eigenvalue weighted by Crippen LogP contribution is 2.40. The van der Waals surface area contributed by atoms with E-state index in [1.165, 1.54) is 25.7 Å². The zero-order valence-electron chi connectivity index (χ0n) is 15.1. The molecule has 124 valence electrons. The molecule has 1 aromatic carbocycles. The summed E-state index contributed by atoms with van der Waals surface area (Å²) in [6.07, 6.45) is 5.71. The topological polar surface area (TPSA) is 9.23 Å². The van der Waals surface area contributed by atoms with Gasteiger partial charge in [0, 0.05) is 0 Å². The smallest absolute Gasteiger partial charge is 0.0862 e. The van der Waals surface area contributed by atoms with Crippen LogP contribution in [0.25, 0.3) is 0 Å². The van der Waals surface area contributed by atoms with Gasteiger partial charge in [0.25, 0.3) is 0 Å². The van der Waals surface area contributed by atoms with Gasteiger partial charge < -0.3 is 4.74 Å². The molecular weight excluding hydrogens is 284 g/mol. The number of unbranched alkanes of at least 4 members (excludes halogenated alkanes) is 1. The van der Waals surface area contributed by atoms with Crippen molar-refractivity contribution in [3.8, 4) is 0 Å². The highest BCUT2D eigenvalue weighted by atomic mass is 28.3. The predicted octanol–water partition coefficient (Wildman–Crippen LogP) is 5.22. The highest BCUT2D eigenvalue weighted by molar-refractivity contribution is 6.91. The Balaban J connectivity index is 2.19. The molecular formula is C20H34OSi. The van der Waals surface area contributed by atoms with Crippen LogP contribution in [0.5, 0.6) is 0 Å². The Hall–Kier alpha value is -0.603. The van der Waals surface area contributed by atoms with E-state index in [0.717, 1.165) is 24.0 Å². The number of rotatable bonds is 7. The van der Waals surface area contributed by atoms with Gasteiger partial charge in [-0.25, -0.2) is 0 Å².